The molecule has 0 unspecified atom stereocenters. The van der Waals surface area contributed by atoms with Crippen molar-refractivity contribution in [2.45, 2.75) is 11.8 Å². The Balaban J connectivity index is 1.94. The number of para-hydroxylation sites is 1. The molecule has 0 fully saturated rings. The average Bonchev–Trinajstić information content (AvgIpc) is 3.03. The van der Waals surface area contributed by atoms with Gasteiger partial charge in [-0.1, -0.05) is 42.5 Å². The molecule has 2 N–H and O–H groups in total. The molecule has 1 aromatic heterocycles. The molecule has 0 aliphatic heterocycles. The first-order valence-electron chi connectivity index (χ1n) is 8.53. The van der Waals surface area contributed by atoms with E-state index < -0.39 is 5.97 Å². The van der Waals surface area contributed by atoms with E-state index >= 15 is 0 Å². The molecule has 0 saturated heterocycles. The van der Waals surface area contributed by atoms with Gasteiger partial charge in [0.1, 0.15) is 10.6 Å². The molecule has 7 heteroatoms. The minimum Gasteiger partial charge on any atom is -0.465 e. The van der Waals surface area contributed by atoms with Crippen LogP contribution in [0.2, 0.25) is 0 Å². The van der Waals surface area contributed by atoms with Crippen molar-refractivity contribution in [2.75, 3.05) is 24.0 Å². The zero-order valence-electron chi connectivity index (χ0n) is 15.7. The number of esters is 1. The van der Waals surface area contributed by atoms with Crippen LogP contribution in [0.3, 0.4) is 0 Å². The third-order valence-electron chi connectivity index (χ3n) is 4.12. The lowest BCUT2D eigenvalue weighted by molar-refractivity contribution is 0.0603. The number of hydrogen-bond acceptors (Lipinski definition) is 5. The smallest absolute Gasteiger partial charge is 0.341 e. The number of hydrogen-bond donors (Lipinski definition) is 2. The normalized spacial score (nSPS) is 10.4. The Labute approximate surface area is 178 Å². The summed E-state index contributed by atoms with van der Waals surface area (Å²) >= 11 is 8.62. The third kappa shape index (κ3) is 4.38. The van der Waals surface area contributed by atoms with Crippen LogP contribution in [0.1, 0.15) is 15.2 Å². The monoisotopic (exact) mass is 428 g/mol. The zero-order chi connectivity index (χ0) is 20.1. The van der Waals surface area contributed by atoms with E-state index in [-0.39, 0.29) is 0 Å². The molecule has 0 atom stereocenters. The summed E-state index contributed by atoms with van der Waals surface area (Å²) in [7, 11) is 1.39. The highest BCUT2D eigenvalue weighted by Gasteiger charge is 2.24. The first-order valence-corrected chi connectivity index (χ1v) is 11.0. The first-order chi connectivity index (χ1) is 13.5. The van der Waals surface area contributed by atoms with Gasteiger partial charge in [0, 0.05) is 15.3 Å². The maximum absolute atomic E-state index is 12.6. The first kappa shape index (κ1) is 20.4. The van der Waals surface area contributed by atoms with Crippen LogP contribution < -0.4 is 10.6 Å². The minimum absolute atomic E-state index is 0.391. The van der Waals surface area contributed by atoms with Crippen molar-refractivity contribution in [3.63, 3.8) is 0 Å². The molecular weight excluding hydrogens is 408 g/mol. The summed E-state index contributed by atoms with van der Waals surface area (Å²) in [5, 5.41) is 7.49. The zero-order valence-corrected chi connectivity index (χ0v) is 18.2. The van der Waals surface area contributed by atoms with Gasteiger partial charge >= 0.3 is 5.97 Å². The van der Waals surface area contributed by atoms with E-state index in [4.69, 9.17) is 17.0 Å². The van der Waals surface area contributed by atoms with Crippen molar-refractivity contribution in [1.82, 2.24) is 0 Å². The van der Waals surface area contributed by atoms with Gasteiger partial charge < -0.3 is 15.4 Å². The predicted molar refractivity (Wildman–Crippen MR) is 124 cm³/mol. The summed E-state index contributed by atoms with van der Waals surface area (Å²) in [6.07, 6.45) is 2.01. The van der Waals surface area contributed by atoms with Gasteiger partial charge in [0.2, 0.25) is 0 Å². The van der Waals surface area contributed by atoms with Crippen LogP contribution in [-0.2, 0) is 4.74 Å². The van der Waals surface area contributed by atoms with E-state index in [1.807, 2.05) is 67.8 Å². The van der Waals surface area contributed by atoms with Gasteiger partial charge in [-0.3, -0.25) is 0 Å². The van der Waals surface area contributed by atoms with Crippen LogP contribution in [0, 0.1) is 6.92 Å². The van der Waals surface area contributed by atoms with E-state index in [9.17, 15) is 4.79 Å². The third-order valence-corrected chi connectivity index (χ3v) is 6.14. The van der Waals surface area contributed by atoms with E-state index in [1.54, 1.807) is 11.8 Å². The van der Waals surface area contributed by atoms with Crippen LogP contribution >= 0.6 is 35.3 Å². The molecule has 28 heavy (non-hydrogen) atoms. The quantitative estimate of drug-likeness (QED) is 0.293. The van der Waals surface area contributed by atoms with Gasteiger partial charge in [-0.25, -0.2) is 4.79 Å². The lowest BCUT2D eigenvalue weighted by atomic mass is 10.0. The Kier molecular flexibility index (Phi) is 6.72. The number of carbonyl (C=O) groups is 1. The minimum atomic E-state index is -0.391. The second-order valence-corrected chi connectivity index (χ2v) is 8.36. The standard InChI is InChI=1S/C21H20N2O2S3/c1-13-17(14-9-5-4-6-10-14)18(20(24)25-2)19(28-13)23-21(26)22-15-11-7-8-12-16(15)27-3/h4-12H,1-3H3,(H2,22,23,26). The lowest BCUT2D eigenvalue weighted by Crippen LogP contribution is -2.20. The topological polar surface area (TPSA) is 50.4 Å². The Morgan fingerprint density at radius 2 is 1.75 bits per heavy atom. The summed E-state index contributed by atoms with van der Waals surface area (Å²) in [4.78, 5) is 14.7. The van der Waals surface area contributed by atoms with Crippen molar-refractivity contribution in [2.24, 2.45) is 0 Å². The molecule has 1 heterocycles. The maximum Gasteiger partial charge on any atom is 0.341 e. The summed E-state index contributed by atoms with van der Waals surface area (Å²) in [6.45, 7) is 1.99. The largest absolute Gasteiger partial charge is 0.465 e. The fourth-order valence-corrected chi connectivity index (χ4v) is 4.79. The molecule has 4 nitrogen and oxygen atoms in total. The number of nitrogens with one attached hydrogen (secondary N) is 2. The van der Waals surface area contributed by atoms with Gasteiger partial charge in [-0.05, 0) is 43.1 Å². The average molecular weight is 429 g/mol. The summed E-state index contributed by atoms with van der Waals surface area (Å²) in [5.74, 6) is -0.391. The van der Waals surface area contributed by atoms with Crippen LogP contribution in [0.25, 0.3) is 11.1 Å². The fourth-order valence-electron chi connectivity index (χ4n) is 2.89. The number of ether oxygens (including phenoxy) is 1. The Morgan fingerprint density at radius 3 is 2.43 bits per heavy atom. The number of methoxy groups -OCH3 is 1. The molecule has 0 radical (unpaired) electrons. The SMILES string of the molecule is COC(=O)c1c(NC(=S)Nc2ccccc2SC)sc(C)c1-c1ccccc1. The van der Waals surface area contributed by atoms with Gasteiger partial charge in [0.05, 0.1) is 12.8 Å². The second kappa shape index (κ2) is 9.23. The van der Waals surface area contributed by atoms with Crippen LogP contribution in [0.15, 0.2) is 59.5 Å². The van der Waals surface area contributed by atoms with E-state index in [1.165, 1.54) is 18.4 Å². The molecule has 0 saturated carbocycles. The van der Waals surface area contributed by atoms with Crippen molar-refractivity contribution >= 4 is 57.1 Å². The molecule has 0 amide bonds. The molecule has 0 spiro atoms. The number of thiophene rings is 1. The van der Waals surface area contributed by atoms with Crippen molar-refractivity contribution in [3.05, 3.63) is 65.0 Å². The number of rotatable bonds is 5. The number of carbonyl (C=O) groups excluding carboxylic acids is 1. The summed E-state index contributed by atoms with van der Waals surface area (Å²) in [5.41, 5.74) is 3.26. The molecule has 3 aromatic rings. The Morgan fingerprint density at radius 1 is 1.07 bits per heavy atom. The Hall–Kier alpha value is -2.35. The van der Waals surface area contributed by atoms with Crippen molar-refractivity contribution in [3.8, 4) is 11.1 Å². The maximum atomic E-state index is 12.6. The second-order valence-electron chi connectivity index (χ2n) is 5.87. The molecule has 0 aliphatic rings. The van der Waals surface area contributed by atoms with Crippen molar-refractivity contribution in [1.29, 1.82) is 0 Å². The van der Waals surface area contributed by atoms with E-state index in [2.05, 4.69) is 10.6 Å². The Bertz CT molecular complexity index is 1000. The fraction of sp³-hybridized carbons (Fsp3) is 0.143. The molecule has 0 aliphatic carbocycles. The van der Waals surface area contributed by atoms with Gasteiger partial charge in [0.25, 0.3) is 0 Å². The van der Waals surface area contributed by atoms with Crippen LogP contribution in [0.4, 0.5) is 10.7 Å². The summed E-state index contributed by atoms with van der Waals surface area (Å²) < 4.78 is 5.05. The highest BCUT2D eigenvalue weighted by molar-refractivity contribution is 7.98. The molecular formula is C21H20N2O2S3. The molecule has 144 valence electrons. The number of thioether (sulfide) groups is 1. The predicted octanol–water partition coefficient (Wildman–Crippen LogP) is 6.04. The molecule has 0 bridgehead atoms. The van der Waals surface area contributed by atoms with Gasteiger partial charge in [-0.2, -0.15) is 0 Å². The van der Waals surface area contributed by atoms with E-state index in [0.717, 1.165) is 26.6 Å². The van der Waals surface area contributed by atoms with Crippen molar-refractivity contribution < 1.29 is 9.53 Å². The number of anilines is 2. The number of thiocarbonyl (C=S) groups is 1. The highest BCUT2D eigenvalue weighted by atomic mass is 32.2. The number of aryl methyl sites for hydroxylation is 1. The highest BCUT2D eigenvalue weighted by Crippen LogP contribution is 2.40. The lowest BCUT2D eigenvalue weighted by Gasteiger charge is -2.13. The van der Waals surface area contributed by atoms with Crippen LogP contribution in [-0.4, -0.2) is 24.4 Å². The molecule has 3 rings (SSSR count). The number of benzene rings is 2. The molecule has 2 aromatic carbocycles. The van der Waals surface area contributed by atoms with Gasteiger partial charge in [-0.15, -0.1) is 23.1 Å². The van der Waals surface area contributed by atoms with Crippen LogP contribution in [0.5, 0.6) is 0 Å². The van der Waals surface area contributed by atoms with Gasteiger partial charge in [0.15, 0.2) is 5.11 Å². The summed E-state index contributed by atoms with van der Waals surface area (Å²) in [6, 6.07) is 17.7. The van der Waals surface area contributed by atoms with E-state index in [0.29, 0.717) is 15.7 Å².